The van der Waals surface area contributed by atoms with Gasteiger partial charge in [-0.05, 0) is 39.8 Å². The number of fused-ring (bicyclic) bond motifs is 1. The van der Waals surface area contributed by atoms with Gasteiger partial charge in [0, 0.05) is 45.1 Å². The lowest BCUT2D eigenvalue weighted by Crippen LogP contribution is -2.40. The lowest BCUT2D eigenvalue weighted by molar-refractivity contribution is -0.134. The first-order valence-electron chi connectivity index (χ1n) is 11.4. The summed E-state index contributed by atoms with van der Waals surface area (Å²) in [6.07, 6.45) is 4.07. The Morgan fingerprint density at radius 1 is 1.06 bits per heavy atom. The second-order valence-electron chi connectivity index (χ2n) is 8.92. The number of hydrogen-bond donors (Lipinski definition) is 1. The summed E-state index contributed by atoms with van der Waals surface area (Å²) in [4.78, 5) is 50.8. The molecule has 9 heteroatoms. The Hall–Kier alpha value is -2.42. The van der Waals surface area contributed by atoms with E-state index in [0.717, 1.165) is 32.2 Å². The third-order valence-corrected chi connectivity index (χ3v) is 6.22. The first kappa shape index (κ1) is 23.2. The Morgan fingerprint density at radius 2 is 1.74 bits per heavy atom. The van der Waals surface area contributed by atoms with Gasteiger partial charge in [-0.25, -0.2) is 9.78 Å². The van der Waals surface area contributed by atoms with Crippen LogP contribution >= 0.6 is 0 Å². The number of carbonyl (C=O) groups is 1. The largest absolute Gasteiger partial charge is 0.344 e. The summed E-state index contributed by atoms with van der Waals surface area (Å²) in [6, 6.07) is 0. The third kappa shape index (κ3) is 4.61. The molecule has 1 aliphatic rings. The van der Waals surface area contributed by atoms with Crippen LogP contribution in [0.1, 0.15) is 57.7 Å². The van der Waals surface area contributed by atoms with Gasteiger partial charge in [-0.1, -0.05) is 20.3 Å². The molecule has 0 spiro atoms. The van der Waals surface area contributed by atoms with Crippen LogP contribution in [0.5, 0.6) is 0 Å². The molecular formula is C22H36N6O3. The van der Waals surface area contributed by atoms with E-state index in [1.165, 1.54) is 4.57 Å². The minimum absolute atomic E-state index is 0.0640. The molecule has 2 atom stereocenters. The Bertz CT molecular complexity index is 1030. The van der Waals surface area contributed by atoms with E-state index in [0.29, 0.717) is 43.0 Å². The SMILES string of the molecule is CCCn1c(=O)c2[nH]c([C@@H]3CCC[C@@H]3C(=O)N(C)CCN(C)C)nc2n(CCC)c1=O. The van der Waals surface area contributed by atoms with Crippen molar-refractivity contribution in [1.82, 2.24) is 28.9 Å². The number of amides is 1. The summed E-state index contributed by atoms with van der Waals surface area (Å²) in [6.45, 7) is 6.31. The van der Waals surface area contributed by atoms with Gasteiger partial charge in [0.25, 0.3) is 5.56 Å². The van der Waals surface area contributed by atoms with Crippen LogP contribution < -0.4 is 11.2 Å². The molecule has 0 radical (unpaired) electrons. The monoisotopic (exact) mass is 432 g/mol. The predicted molar refractivity (Wildman–Crippen MR) is 121 cm³/mol. The van der Waals surface area contributed by atoms with Crippen molar-refractivity contribution in [3.63, 3.8) is 0 Å². The minimum atomic E-state index is -0.322. The summed E-state index contributed by atoms with van der Waals surface area (Å²) in [5.74, 6) is 0.560. The van der Waals surface area contributed by atoms with Crippen LogP contribution in [-0.2, 0) is 17.9 Å². The molecular weight excluding hydrogens is 396 g/mol. The second kappa shape index (κ2) is 9.80. The number of aromatic nitrogens is 4. The van der Waals surface area contributed by atoms with E-state index >= 15 is 0 Å². The molecule has 1 saturated carbocycles. The van der Waals surface area contributed by atoms with Crippen molar-refractivity contribution in [2.24, 2.45) is 5.92 Å². The normalized spacial score (nSPS) is 18.9. The highest BCUT2D eigenvalue weighted by atomic mass is 16.2. The predicted octanol–water partition coefficient (Wildman–Crippen LogP) is 1.61. The van der Waals surface area contributed by atoms with Gasteiger partial charge >= 0.3 is 5.69 Å². The number of likely N-dealkylation sites (N-methyl/N-ethyl adjacent to an activating group) is 2. The van der Waals surface area contributed by atoms with Gasteiger partial charge in [0.05, 0.1) is 0 Å². The fourth-order valence-electron chi connectivity index (χ4n) is 4.53. The van der Waals surface area contributed by atoms with Crippen molar-refractivity contribution >= 4 is 17.1 Å². The zero-order valence-corrected chi connectivity index (χ0v) is 19.5. The van der Waals surface area contributed by atoms with Crippen molar-refractivity contribution in [2.45, 2.75) is 65.0 Å². The molecule has 0 unspecified atom stereocenters. The fraction of sp³-hybridized carbons (Fsp3) is 0.727. The average molecular weight is 433 g/mol. The van der Waals surface area contributed by atoms with Gasteiger partial charge in [0.2, 0.25) is 5.91 Å². The molecule has 1 amide bonds. The number of hydrogen-bond acceptors (Lipinski definition) is 5. The highest BCUT2D eigenvalue weighted by molar-refractivity contribution is 5.80. The molecule has 2 heterocycles. The van der Waals surface area contributed by atoms with Gasteiger partial charge in [-0.2, -0.15) is 0 Å². The van der Waals surface area contributed by atoms with Crippen molar-refractivity contribution < 1.29 is 4.79 Å². The van der Waals surface area contributed by atoms with Gasteiger partial charge in [-0.3, -0.25) is 18.7 Å². The Morgan fingerprint density at radius 3 is 2.39 bits per heavy atom. The summed E-state index contributed by atoms with van der Waals surface area (Å²) < 4.78 is 2.90. The van der Waals surface area contributed by atoms with Gasteiger partial charge in [0.15, 0.2) is 5.65 Å². The molecule has 1 N–H and O–H groups in total. The standard InChI is InChI=1S/C22H36N6O3/c1-6-11-27-19-17(21(30)28(12-7-2)22(27)31)23-18(24-19)15-9-8-10-16(15)20(29)26(5)14-13-25(3)4/h15-16H,6-14H2,1-5H3,(H,23,24)/t15-,16+/m1/s1. The van der Waals surface area contributed by atoms with Crippen molar-refractivity contribution in [1.29, 1.82) is 0 Å². The maximum atomic E-state index is 13.1. The fourth-order valence-corrected chi connectivity index (χ4v) is 4.53. The maximum absolute atomic E-state index is 13.1. The first-order chi connectivity index (χ1) is 14.8. The van der Waals surface area contributed by atoms with Crippen LogP contribution in [0.15, 0.2) is 9.59 Å². The van der Waals surface area contributed by atoms with E-state index in [1.807, 2.05) is 35.0 Å². The highest BCUT2D eigenvalue weighted by Gasteiger charge is 2.37. The summed E-state index contributed by atoms with van der Waals surface area (Å²) in [7, 11) is 5.83. The lowest BCUT2D eigenvalue weighted by Gasteiger charge is -2.25. The van der Waals surface area contributed by atoms with E-state index in [2.05, 4.69) is 9.88 Å². The number of nitrogens with zero attached hydrogens (tertiary/aromatic N) is 5. The molecule has 9 nitrogen and oxygen atoms in total. The number of imidazole rings is 1. The first-order valence-corrected chi connectivity index (χ1v) is 11.4. The summed E-state index contributed by atoms with van der Waals surface area (Å²) in [5.41, 5.74) is 0.160. The van der Waals surface area contributed by atoms with Crippen LogP contribution in [0.4, 0.5) is 0 Å². The molecule has 31 heavy (non-hydrogen) atoms. The number of aryl methyl sites for hydroxylation is 1. The molecule has 2 aromatic heterocycles. The number of aromatic amines is 1. The molecule has 0 aliphatic heterocycles. The zero-order valence-electron chi connectivity index (χ0n) is 19.5. The van der Waals surface area contributed by atoms with Gasteiger partial charge in [-0.15, -0.1) is 0 Å². The molecule has 3 rings (SSSR count). The molecule has 1 fully saturated rings. The number of carbonyl (C=O) groups excluding carboxylic acids is 1. The van der Waals surface area contributed by atoms with E-state index in [9.17, 15) is 14.4 Å². The van der Waals surface area contributed by atoms with E-state index in [4.69, 9.17) is 4.98 Å². The topological polar surface area (TPSA) is 96.2 Å². The van der Waals surface area contributed by atoms with Crippen LogP contribution in [0.2, 0.25) is 0 Å². The number of nitrogens with one attached hydrogen (secondary N) is 1. The minimum Gasteiger partial charge on any atom is -0.344 e. The smallest absolute Gasteiger partial charge is 0.332 e. The zero-order chi connectivity index (χ0) is 22.7. The van der Waals surface area contributed by atoms with Crippen molar-refractivity contribution in [2.75, 3.05) is 34.2 Å². The highest BCUT2D eigenvalue weighted by Crippen LogP contribution is 2.39. The molecule has 0 bridgehead atoms. The van der Waals surface area contributed by atoms with Gasteiger partial charge in [0.1, 0.15) is 11.3 Å². The second-order valence-corrected chi connectivity index (χ2v) is 8.92. The molecule has 172 valence electrons. The molecule has 2 aromatic rings. The van der Waals surface area contributed by atoms with Crippen molar-refractivity contribution in [3.8, 4) is 0 Å². The number of H-pyrrole nitrogens is 1. The van der Waals surface area contributed by atoms with Crippen LogP contribution in [0.25, 0.3) is 11.2 Å². The Labute approximate surface area is 183 Å². The number of rotatable bonds is 9. The van der Waals surface area contributed by atoms with E-state index < -0.39 is 0 Å². The Balaban J connectivity index is 1.99. The maximum Gasteiger partial charge on any atom is 0.332 e. The van der Waals surface area contributed by atoms with E-state index in [-0.39, 0.29) is 29.0 Å². The van der Waals surface area contributed by atoms with Crippen LogP contribution in [0.3, 0.4) is 0 Å². The van der Waals surface area contributed by atoms with Gasteiger partial charge < -0.3 is 14.8 Å². The van der Waals surface area contributed by atoms with Crippen LogP contribution in [0, 0.1) is 5.92 Å². The summed E-state index contributed by atoms with van der Waals surface area (Å²) in [5, 5.41) is 0. The lowest BCUT2D eigenvalue weighted by atomic mass is 9.94. The van der Waals surface area contributed by atoms with Crippen molar-refractivity contribution in [3.05, 3.63) is 26.7 Å². The van der Waals surface area contributed by atoms with Crippen LogP contribution in [-0.4, -0.2) is 69.0 Å². The molecule has 0 saturated heterocycles. The summed E-state index contributed by atoms with van der Waals surface area (Å²) >= 11 is 0. The quantitative estimate of drug-likeness (QED) is 0.649. The molecule has 0 aromatic carbocycles. The van der Waals surface area contributed by atoms with E-state index in [1.54, 1.807) is 9.47 Å². The molecule has 1 aliphatic carbocycles. The Kier molecular flexibility index (Phi) is 7.35. The average Bonchev–Trinajstić information content (AvgIpc) is 3.39. The third-order valence-electron chi connectivity index (χ3n) is 6.22.